The summed E-state index contributed by atoms with van der Waals surface area (Å²) in [4.78, 5) is 0. The molecule has 0 radical (unpaired) electrons. The van der Waals surface area contributed by atoms with Crippen LogP contribution in [0.1, 0.15) is 54.3 Å². The molecule has 0 amide bonds. The summed E-state index contributed by atoms with van der Waals surface area (Å²) in [6.45, 7) is 2.09. The van der Waals surface area contributed by atoms with Crippen LogP contribution < -0.4 is 10.1 Å². The predicted molar refractivity (Wildman–Crippen MR) is 118 cm³/mol. The van der Waals surface area contributed by atoms with Gasteiger partial charge in [-0.25, -0.2) is 4.68 Å². The third kappa shape index (κ3) is 5.24. The van der Waals surface area contributed by atoms with E-state index in [1.54, 1.807) is 37.6 Å². The molecular weight excluding hydrogens is 449 g/mol. The number of hydrogen-bond donors (Lipinski definition) is 3. The Bertz CT molecular complexity index is 1100. The fourth-order valence-electron chi connectivity index (χ4n) is 4.45. The van der Waals surface area contributed by atoms with E-state index in [0.717, 1.165) is 12.1 Å². The van der Waals surface area contributed by atoms with Crippen molar-refractivity contribution >= 4 is 0 Å². The van der Waals surface area contributed by atoms with Crippen LogP contribution in [0.15, 0.2) is 54.7 Å². The van der Waals surface area contributed by atoms with E-state index in [-0.39, 0.29) is 25.0 Å². The molecule has 0 saturated carbocycles. The number of ether oxygens (including phenoxy) is 1. The third-order valence-corrected chi connectivity index (χ3v) is 6.19. The molecule has 2 aromatic carbocycles. The molecule has 1 fully saturated rings. The van der Waals surface area contributed by atoms with Crippen LogP contribution in [0.3, 0.4) is 0 Å². The minimum atomic E-state index is -4.43. The number of hydrogen-bond acceptors (Lipinski definition) is 6. The van der Waals surface area contributed by atoms with Crippen molar-refractivity contribution in [2.24, 2.45) is 0 Å². The van der Waals surface area contributed by atoms with Crippen LogP contribution in [0.5, 0.6) is 5.75 Å². The maximum atomic E-state index is 12.9. The maximum absolute atomic E-state index is 12.9. The number of nitrogens with zero attached hydrogens (tertiary/aromatic N) is 3. The number of aliphatic hydroxyl groups excluding tert-OH is 1. The van der Waals surface area contributed by atoms with Crippen molar-refractivity contribution in [2.75, 3.05) is 7.11 Å². The lowest BCUT2D eigenvalue weighted by Gasteiger charge is -2.40. The number of alkyl halides is 3. The molecule has 0 bridgehead atoms. The van der Waals surface area contributed by atoms with E-state index in [2.05, 4.69) is 15.6 Å². The molecule has 0 spiro atoms. The number of aliphatic hydroxyl groups is 2. The van der Waals surface area contributed by atoms with E-state index in [9.17, 15) is 23.4 Å². The van der Waals surface area contributed by atoms with Crippen LogP contribution in [-0.2, 0) is 18.3 Å². The van der Waals surface area contributed by atoms with E-state index in [1.165, 1.54) is 16.8 Å². The van der Waals surface area contributed by atoms with Crippen LogP contribution in [-0.4, -0.2) is 38.4 Å². The monoisotopic (exact) mass is 476 g/mol. The molecule has 3 aromatic rings. The summed E-state index contributed by atoms with van der Waals surface area (Å²) in [6.07, 6.45) is -2.96. The normalized spacial score (nSPS) is 24.1. The Morgan fingerprint density at radius 1 is 1.15 bits per heavy atom. The van der Waals surface area contributed by atoms with Crippen molar-refractivity contribution in [3.05, 3.63) is 77.1 Å². The second-order valence-corrected chi connectivity index (χ2v) is 8.79. The molecule has 1 aliphatic rings. The quantitative estimate of drug-likeness (QED) is 0.502. The average molecular weight is 476 g/mol. The highest BCUT2D eigenvalue weighted by atomic mass is 19.4. The number of nitrogens with one attached hydrogen (secondary N) is 1. The minimum absolute atomic E-state index is 0.110. The summed E-state index contributed by atoms with van der Waals surface area (Å²) in [5, 5.41) is 33.6. The number of piperidine rings is 1. The van der Waals surface area contributed by atoms with Gasteiger partial charge in [0.1, 0.15) is 5.75 Å². The van der Waals surface area contributed by atoms with Crippen LogP contribution in [0.25, 0.3) is 0 Å². The average Bonchev–Trinajstić information content (AvgIpc) is 3.26. The molecule has 2 unspecified atom stereocenters. The van der Waals surface area contributed by atoms with Gasteiger partial charge in [-0.2, -0.15) is 13.2 Å². The molecule has 2 heterocycles. The molecular formula is C24H27F3N4O3. The van der Waals surface area contributed by atoms with Gasteiger partial charge in [-0.3, -0.25) is 0 Å². The zero-order chi connectivity index (χ0) is 24.5. The summed E-state index contributed by atoms with van der Waals surface area (Å²) in [5.41, 5.74) is -0.345. The van der Waals surface area contributed by atoms with Crippen LogP contribution >= 0.6 is 0 Å². The first-order valence-corrected chi connectivity index (χ1v) is 11.0. The van der Waals surface area contributed by atoms with Gasteiger partial charge in [0.05, 0.1) is 48.9 Å². The number of benzene rings is 2. The van der Waals surface area contributed by atoms with Gasteiger partial charge in [-0.1, -0.05) is 29.5 Å². The van der Waals surface area contributed by atoms with Crippen molar-refractivity contribution in [3.8, 4) is 5.75 Å². The van der Waals surface area contributed by atoms with Crippen molar-refractivity contribution in [3.63, 3.8) is 0 Å². The van der Waals surface area contributed by atoms with E-state index >= 15 is 0 Å². The van der Waals surface area contributed by atoms with Crippen molar-refractivity contribution in [1.29, 1.82) is 0 Å². The predicted octanol–water partition coefficient (Wildman–Crippen LogP) is 3.74. The highest BCUT2D eigenvalue weighted by Crippen LogP contribution is 2.40. The minimum Gasteiger partial charge on any atom is -0.497 e. The smallest absolute Gasteiger partial charge is 0.416 e. The van der Waals surface area contributed by atoms with Gasteiger partial charge >= 0.3 is 6.18 Å². The lowest BCUT2D eigenvalue weighted by molar-refractivity contribution is -0.137. The lowest BCUT2D eigenvalue weighted by atomic mass is 9.78. The molecule has 1 aliphatic heterocycles. The molecule has 1 saturated heterocycles. The van der Waals surface area contributed by atoms with E-state index in [0.29, 0.717) is 29.0 Å². The van der Waals surface area contributed by atoms with Gasteiger partial charge in [-0.15, -0.1) is 5.10 Å². The van der Waals surface area contributed by atoms with E-state index in [4.69, 9.17) is 4.74 Å². The summed E-state index contributed by atoms with van der Waals surface area (Å²) in [5.74, 6) is 0.692. The number of methoxy groups -OCH3 is 1. The van der Waals surface area contributed by atoms with Gasteiger partial charge in [-0.05, 0) is 48.7 Å². The molecule has 182 valence electrons. The number of halogens is 3. The standard InChI is InChI=1S/C24H27F3N4O3/c1-15-11-23(33,17-5-7-18(8-6-17)24(25,26)27)12-20(28-15)21-13-31(30-29-21)14-22(32)16-3-9-19(34-2)10-4-16/h3-10,13,15,20,22,28,32-33H,11-12,14H2,1-2H3/t15-,20-,22?,23?/m0/s1. The molecule has 34 heavy (non-hydrogen) atoms. The van der Waals surface area contributed by atoms with Crippen molar-refractivity contribution in [2.45, 2.75) is 56.3 Å². The van der Waals surface area contributed by atoms with Crippen molar-refractivity contribution < 1.29 is 28.1 Å². The van der Waals surface area contributed by atoms with Crippen LogP contribution in [0.2, 0.25) is 0 Å². The second-order valence-electron chi connectivity index (χ2n) is 8.79. The zero-order valence-corrected chi connectivity index (χ0v) is 18.8. The molecule has 4 atom stereocenters. The highest BCUT2D eigenvalue weighted by molar-refractivity contribution is 5.31. The first-order valence-electron chi connectivity index (χ1n) is 11.0. The Balaban J connectivity index is 1.48. The Labute approximate surface area is 195 Å². The third-order valence-electron chi connectivity index (χ3n) is 6.19. The summed E-state index contributed by atoms with van der Waals surface area (Å²) in [6, 6.07) is 11.3. The fourth-order valence-corrected chi connectivity index (χ4v) is 4.45. The molecule has 4 rings (SSSR count). The molecule has 3 N–H and O–H groups in total. The molecule has 1 aromatic heterocycles. The lowest BCUT2D eigenvalue weighted by Crippen LogP contribution is -2.47. The van der Waals surface area contributed by atoms with Crippen molar-refractivity contribution in [1.82, 2.24) is 20.3 Å². The largest absolute Gasteiger partial charge is 0.497 e. The SMILES string of the molecule is COc1ccc(C(O)Cn2cc([C@@H]3CC(O)(c4ccc(C(F)(F)F)cc4)C[C@H](C)N3)nn2)cc1. The van der Waals surface area contributed by atoms with E-state index in [1.807, 2.05) is 6.92 Å². The van der Waals surface area contributed by atoms with Gasteiger partial charge < -0.3 is 20.3 Å². The van der Waals surface area contributed by atoms with Gasteiger partial charge in [0.25, 0.3) is 0 Å². The van der Waals surface area contributed by atoms with E-state index < -0.39 is 23.4 Å². The summed E-state index contributed by atoms with van der Waals surface area (Å²) in [7, 11) is 1.57. The first-order chi connectivity index (χ1) is 16.1. The van der Waals surface area contributed by atoms with Crippen LogP contribution in [0.4, 0.5) is 13.2 Å². The van der Waals surface area contributed by atoms with Gasteiger partial charge in [0.2, 0.25) is 0 Å². The summed E-state index contributed by atoms with van der Waals surface area (Å²) < 4.78 is 45.4. The first kappa shape index (κ1) is 24.2. The number of aromatic nitrogens is 3. The topological polar surface area (TPSA) is 92.4 Å². The van der Waals surface area contributed by atoms with Crippen LogP contribution in [0, 0.1) is 0 Å². The highest BCUT2D eigenvalue weighted by Gasteiger charge is 2.41. The Morgan fingerprint density at radius 3 is 2.44 bits per heavy atom. The Kier molecular flexibility index (Phi) is 6.66. The zero-order valence-electron chi connectivity index (χ0n) is 18.8. The molecule has 7 nitrogen and oxygen atoms in total. The Morgan fingerprint density at radius 2 is 1.82 bits per heavy atom. The van der Waals surface area contributed by atoms with Gasteiger partial charge in [0, 0.05) is 12.5 Å². The fraction of sp³-hybridized carbons (Fsp3) is 0.417. The maximum Gasteiger partial charge on any atom is 0.416 e. The second kappa shape index (κ2) is 9.36. The number of rotatable bonds is 6. The summed E-state index contributed by atoms with van der Waals surface area (Å²) >= 11 is 0. The Hall–Kier alpha value is -2.95. The molecule has 10 heteroatoms. The molecule has 0 aliphatic carbocycles. The van der Waals surface area contributed by atoms with Gasteiger partial charge in [0.15, 0.2) is 0 Å².